The van der Waals surface area contributed by atoms with Gasteiger partial charge < -0.3 is 9.73 Å². The van der Waals surface area contributed by atoms with Crippen molar-refractivity contribution < 1.29 is 4.42 Å². The SMILES string of the molecule is CCNc1nnc(-c2ccc3ccccc3n2)o1. The van der Waals surface area contributed by atoms with Crippen LogP contribution in [0.4, 0.5) is 6.01 Å². The standard InChI is InChI=1S/C13H12N4O/c1-2-14-13-17-16-12(18-13)11-8-7-9-5-3-4-6-10(9)15-11/h3-8H,2H2,1H3,(H,14,17). The summed E-state index contributed by atoms with van der Waals surface area (Å²) in [5.74, 6) is 0.428. The van der Waals surface area contributed by atoms with Crippen molar-refractivity contribution in [1.29, 1.82) is 0 Å². The summed E-state index contributed by atoms with van der Waals surface area (Å²) in [5, 5.41) is 11.9. The van der Waals surface area contributed by atoms with Gasteiger partial charge in [-0.2, -0.15) is 0 Å². The van der Waals surface area contributed by atoms with Crippen molar-refractivity contribution in [2.45, 2.75) is 6.92 Å². The molecule has 0 aliphatic carbocycles. The number of pyridine rings is 1. The second-order valence-electron chi connectivity index (χ2n) is 3.83. The number of aromatic nitrogens is 3. The van der Waals surface area contributed by atoms with Crippen LogP contribution in [0.3, 0.4) is 0 Å². The maximum Gasteiger partial charge on any atom is 0.315 e. The van der Waals surface area contributed by atoms with E-state index in [1.54, 1.807) is 0 Å². The number of anilines is 1. The number of para-hydroxylation sites is 1. The van der Waals surface area contributed by atoms with Crippen LogP contribution in [0.25, 0.3) is 22.5 Å². The minimum Gasteiger partial charge on any atom is -0.402 e. The summed E-state index contributed by atoms with van der Waals surface area (Å²) >= 11 is 0. The predicted molar refractivity (Wildman–Crippen MR) is 69.2 cm³/mol. The van der Waals surface area contributed by atoms with Crippen LogP contribution in [0.5, 0.6) is 0 Å². The summed E-state index contributed by atoms with van der Waals surface area (Å²) in [6, 6.07) is 12.2. The molecule has 5 nitrogen and oxygen atoms in total. The van der Waals surface area contributed by atoms with Gasteiger partial charge in [0, 0.05) is 11.9 Å². The van der Waals surface area contributed by atoms with Gasteiger partial charge in [-0.1, -0.05) is 29.4 Å². The van der Waals surface area contributed by atoms with Crippen molar-refractivity contribution >= 4 is 16.9 Å². The third-order valence-electron chi connectivity index (χ3n) is 2.57. The van der Waals surface area contributed by atoms with Crippen molar-refractivity contribution in [1.82, 2.24) is 15.2 Å². The highest BCUT2D eigenvalue weighted by Gasteiger charge is 2.09. The van der Waals surface area contributed by atoms with E-state index in [-0.39, 0.29) is 0 Å². The van der Waals surface area contributed by atoms with E-state index in [0.29, 0.717) is 17.6 Å². The monoisotopic (exact) mass is 240 g/mol. The van der Waals surface area contributed by atoms with E-state index in [1.807, 2.05) is 43.3 Å². The Hall–Kier alpha value is -2.43. The molecule has 0 amide bonds. The number of fused-ring (bicyclic) bond motifs is 1. The Morgan fingerprint density at radius 1 is 1.11 bits per heavy atom. The predicted octanol–water partition coefficient (Wildman–Crippen LogP) is 2.72. The lowest BCUT2D eigenvalue weighted by molar-refractivity contribution is 0.580. The molecule has 1 aromatic carbocycles. The lowest BCUT2D eigenvalue weighted by Crippen LogP contribution is -1.95. The van der Waals surface area contributed by atoms with Gasteiger partial charge in [-0.25, -0.2) is 4.98 Å². The molecular formula is C13H12N4O. The van der Waals surface area contributed by atoms with Crippen LogP contribution in [0.1, 0.15) is 6.92 Å². The highest BCUT2D eigenvalue weighted by molar-refractivity contribution is 5.80. The molecule has 1 N–H and O–H groups in total. The molecule has 0 unspecified atom stereocenters. The fourth-order valence-electron chi connectivity index (χ4n) is 1.73. The number of nitrogens with one attached hydrogen (secondary N) is 1. The fraction of sp³-hybridized carbons (Fsp3) is 0.154. The molecule has 5 heteroatoms. The first kappa shape index (κ1) is 10.7. The van der Waals surface area contributed by atoms with E-state index in [2.05, 4.69) is 20.5 Å². The molecule has 90 valence electrons. The summed E-state index contributed by atoms with van der Waals surface area (Å²) in [5.41, 5.74) is 1.60. The Bertz CT molecular complexity index is 677. The molecule has 3 rings (SSSR count). The minimum absolute atomic E-state index is 0.419. The third kappa shape index (κ3) is 1.90. The lowest BCUT2D eigenvalue weighted by atomic mass is 10.2. The molecule has 0 aliphatic rings. The van der Waals surface area contributed by atoms with Gasteiger partial charge >= 0.3 is 6.01 Å². The van der Waals surface area contributed by atoms with Crippen LogP contribution in [0.15, 0.2) is 40.8 Å². The van der Waals surface area contributed by atoms with Gasteiger partial charge in [-0.15, -0.1) is 5.10 Å². The molecular weight excluding hydrogens is 228 g/mol. The molecule has 2 heterocycles. The van der Waals surface area contributed by atoms with Crippen molar-refractivity contribution in [2.24, 2.45) is 0 Å². The molecule has 0 saturated heterocycles. The second kappa shape index (κ2) is 4.44. The lowest BCUT2D eigenvalue weighted by Gasteiger charge is -1.98. The van der Waals surface area contributed by atoms with Crippen molar-refractivity contribution in [2.75, 3.05) is 11.9 Å². The van der Waals surface area contributed by atoms with E-state index < -0.39 is 0 Å². The molecule has 18 heavy (non-hydrogen) atoms. The first-order valence-corrected chi connectivity index (χ1v) is 5.80. The van der Waals surface area contributed by atoms with E-state index in [4.69, 9.17) is 4.42 Å². The largest absolute Gasteiger partial charge is 0.402 e. The van der Waals surface area contributed by atoms with Gasteiger partial charge in [-0.05, 0) is 19.1 Å². The zero-order chi connectivity index (χ0) is 12.4. The van der Waals surface area contributed by atoms with E-state index >= 15 is 0 Å². The molecule has 0 atom stereocenters. The maximum atomic E-state index is 5.46. The van der Waals surface area contributed by atoms with Gasteiger partial charge in [0.2, 0.25) is 0 Å². The Morgan fingerprint density at radius 3 is 2.89 bits per heavy atom. The third-order valence-corrected chi connectivity index (χ3v) is 2.57. The Kier molecular flexibility index (Phi) is 2.64. The molecule has 0 saturated carbocycles. The average Bonchev–Trinajstić information content (AvgIpc) is 2.87. The van der Waals surface area contributed by atoms with E-state index in [9.17, 15) is 0 Å². The average molecular weight is 240 g/mol. The number of hydrogen-bond acceptors (Lipinski definition) is 5. The van der Waals surface area contributed by atoms with E-state index in [0.717, 1.165) is 17.4 Å². The van der Waals surface area contributed by atoms with Gasteiger partial charge in [-0.3, -0.25) is 0 Å². The Balaban J connectivity index is 2.02. The summed E-state index contributed by atoms with van der Waals surface area (Å²) in [7, 11) is 0. The maximum absolute atomic E-state index is 5.46. The number of rotatable bonds is 3. The fourth-order valence-corrected chi connectivity index (χ4v) is 1.73. The molecule has 0 spiro atoms. The van der Waals surface area contributed by atoms with Gasteiger partial charge in [0.25, 0.3) is 5.89 Å². The van der Waals surface area contributed by atoms with Crippen LogP contribution in [-0.4, -0.2) is 21.7 Å². The van der Waals surface area contributed by atoms with Crippen LogP contribution >= 0.6 is 0 Å². The first-order chi connectivity index (χ1) is 8.86. The molecule has 0 bridgehead atoms. The Morgan fingerprint density at radius 2 is 2.00 bits per heavy atom. The van der Waals surface area contributed by atoms with Crippen molar-refractivity contribution in [3.05, 3.63) is 36.4 Å². The molecule has 0 radical (unpaired) electrons. The molecule has 3 aromatic rings. The van der Waals surface area contributed by atoms with Crippen LogP contribution in [0, 0.1) is 0 Å². The zero-order valence-electron chi connectivity index (χ0n) is 9.92. The topological polar surface area (TPSA) is 63.8 Å². The number of benzene rings is 1. The quantitative estimate of drug-likeness (QED) is 0.762. The van der Waals surface area contributed by atoms with Crippen LogP contribution in [0.2, 0.25) is 0 Å². The van der Waals surface area contributed by atoms with Gasteiger partial charge in [0.15, 0.2) is 0 Å². The number of nitrogens with zero attached hydrogens (tertiary/aromatic N) is 3. The zero-order valence-corrected chi connectivity index (χ0v) is 9.92. The van der Waals surface area contributed by atoms with Crippen molar-refractivity contribution in [3.8, 4) is 11.6 Å². The normalized spacial score (nSPS) is 10.7. The summed E-state index contributed by atoms with van der Waals surface area (Å²) < 4.78 is 5.46. The number of hydrogen-bond donors (Lipinski definition) is 1. The highest BCUT2D eigenvalue weighted by atomic mass is 16.4. The summed E-state index contributed by atoms with van der Waals surface area (Å²) in [6.45, 7) is 2.71. The van der Waals surface area contributed by atoms with Crippen molar-refractivity contribution in [3.63, 3.8) is 0 Å². The molecule has 0 aliphatic heterocycles. The van der Waals surface area contributed by atoms with Crippen LogP contribution < -0.4 is 5.32 Å². The highest BCUT2D eigenvalue weighted by Crippen LogP contribution is 2.20. The van der Waals surface area contributed by atoms with Crippen LogP contribution in [-0.2, 0) is 0 Å². The first-order valence-electron chi connectivity index (χ1n) is 5.80. The smallest absolute Gasteiger partial charge is 0.315 e. The van der Waals surface area contributed by atoms with Gasteiger partial charge in [0.1, 0.15) is 5.69 Å². The van der Waals surface area contributed by atoms with E-state index in [1.165, 1.54) is 0 Å². The summed E-state index contributed by atoms with van der Waals surface area (Å²) in [4.78, 5) is 4.49. The summed E-state index contributed by atoms with van der Waals surface area (Å²) in [6.07, 6.45) is 0. The van der Waals surface area contributed by atoms with Gasteiger partial charge in [0.05, 0.1) is 5.52 Å². The Labute approximate surface area is 104 Å². The molecule has 2 aromatic heterocycles. The second-order valence-corrected chi connectivity index (χ2v) is 3.83. The minimum atomic E-state index is 0.419. The molecule has 0 fully saturated rings.